The van der Waals surface area contributed by atoms with Crippen LogP contribution in [-0.2, 0) is 4.79 Å². The fraction of sp³-hybridized carbons (Fsp3) is 0.150. The maximum Gasteiger partial charge on any atom is 0.248 e. The van der Waals surface area contributed by atoms with Gasteiger partial charge in [0.25, 0.3) is 0 Å². The molecule has 0 atom stereocenters. The molecular weight excluding hydrogens is 346 g/mol. The average molecular weight is 365 g/mol. The van der Waals surface area contributed by atoms with Crippen LogP contribution in [-0.4, -0.2) is 15.9 Å². The molecule has 0 spiro atoms. The highest BCUT2D eigenvalue weighted by atomic mass is 32.2. The van der Waals surface area contributed by atoms with E-state index in [4.69, 9.17) is 4.42 Å². The van der Waals surface area contributed by atoms with E-state index < -0.39 is 0 Å². The number of furan rings is 1. The molecule has 0 aliphatic rings. The van der Waals surface area contributed by atoms with Crippen molar-refractivity contribution in [3.8, 4) is 0 Å². The van der Waals surface area contributed by atoms with Crippen molar-refractivity contribution < 1.29 is 9.21 Å². The molecule has 1 aromatic carbocycles. The highest BCUT2D eigenvalue weighted by molar-refractivity contribution is 7.99. The number of carbonyl (C=O) groups excluding carboxylic acids is 1. The average Bonchev–Trinajstić information content (AvgIpc) is 2.99. The molecule has 5 nitrogen and oxygen atoms in total. The second kappa shape index (κ2) is 8.01. The Morgan fingerprint density at radius 2 is 1.73 bits per heavy atom. The van der Waals surface area contributed by atoms with Crippen LogP contribution in [0.4, 0.5) is 5.69 Å². The molecule has 0 saturated carbocycles. The number of benzene rings is 1. The summed E-state index contributed by atoms with van der Waals surface area (Å²) in [5.41, 5.74) is 2.62. The predicted octanol–water partition coefficient (Wildman–Crippen LogP) is 4.80. The summed E-state index contributed by atoms with van der Waals surface area (Å²) in [6.45, 7) is 5.77. The van der Waals surface area contributed by atoms with Gasteiger partial charge >= 0.3 is 0 Å². The van der Waals surface area contributed by atoms with Gasteiger partial charge in [-0.05, 0) is 81.1 Å². The lowest BCUT2D eigenvalue weighted by atomic mass is 10.3. The molecule has 0 unspecified atom stereocenters. The molecular formula is C20H19N3O2S. The van der Waals surface area contributed by atoms with Crippen LogP contribution >= 0.6 is 11.8 Å². The molecule has 0 fully saturated rings. The molecule has 0 aliphatic carbocycles. The summed E-state index contributed by atoms with van der Waals surface area (Å²) >= 11 is 1.49. The summed E-state index contributed by atoms with van der Waals surface area (Å²) in [7, 11) is 0. The second-order valence-electron chi connectivity index (χ2n) is 5.83. The molecule has 3 rings (SSSR count). The van der Waals surface area contributed by atoms with Gasteiger partial charge in [-0.2, -0.15) is 0 Å². The van der Waals surface area contributed by atoms with E-state index in [0.717, 1.165) is 32.9 Å². The van der Waals surface area contributed by atoms with Gasteiger partial charge in [0.15, 0.2) is 5.16 Å². The number of amides is 1. The standard InChI is InChI=1S/C20H19N3O2S/c1-13-12-14(2)22-20(21-13)26-18-9-5-16(6-10-18)23-19(24)11-8-17-7-4-15(3)25-17/h4-12H,1-3H3,(H,23,24)/b11-8+. The molecule has 3 aromatic rings. The highest BCUT2D eigenvalue weighted by Crippen LogP contribution is 2.26. The number of aryl methyl sites for hydroxylation is 3. The number of nitrogens with one attached hydrogen (secondary N) is 1. The summed E-state index contributed by atoms with van der Waals surface area (Å²) in [5, 5.41) is 3.54. The lowest BCUT2D eigenvalue weighted by Gasteiger charge is -2.05. The highest BCUT2D eigenvalue weighted by Gasteiger charge is 2.04. The number of nitrogens with zero attached hydrogens (tertiary/aromatic N) is 2. The topological polar surface area (TPSA) is 68.0 Å². The molecule has 0 radical (unpaired) electrons. The zero-order valence-corrected chi connectivity index (χ0v) is 15.6. The van der Waals surface area contributed by atoms with E-state index in [0.29, 0.717) is 5.76 Å². The van der Waals surface area contributed by atoms with Crippen LogP contribution in [0.5, 0.6) is 0 Å². The summed E-state index contributed by atoms with van der Waals surface area (Å²) in [4.78, 5) is 21.8. The Morgan fingerprint density at radius 1 is 1.04 bits per heavy atom. The van der Waals surface area contributed by atoms with Crippen molar-refractivity contribution in [2.45, 2.75) is 30.8 Å². The fourth-order valence-electron chi connectivity index (χ4n) is 2.34. The van der Waals surface area contributed by atoms with Crippen molar-refractivity contribution in [1.82, 2.24) is 9.97 Å². The number of rotatable bonds is 5. The van der Waals surface area contributed by atoms with E-state index in [1.807, 2.05) is 63.2 Å². The van der Waals surface area contributed by atoms with Crippen molar-refractivity contribution in [3.05, 3.63) is 71.4 Å². The Kier molecular flexibility index (Phi) is 5.53. The van der Waals surface area contributed by atoms with Crippen LogP contribution in [0.2, 0.25) is 0 Å². The van der Waals surface area contributed by atoms with E-state index in [1.54, 1.807) is 6.08 Å². The van der Waals surface area contributed by atoms with Gasteiger partial charge < -0.3 is 9.73 Å². The van der Waals surface area contributed by atoms with Crippen molar-refractivity contribution >= 4 is 29.4 Å². The quantitative estimate of drug-likeness (QED) is 0.520. The molecule has 0 saturated heterocycles. The SMILES string of the molecule is Cc1cc(C)nc(Sc2ccc(NC(=O)/C=C/c3ccc(C)o3)cc2)n1. The van der Waals surface area contributed by atoms with Crippen LogP contribution in [0.1, 0.15) is 22.9 Å². The van der Waals surface area contributed by atoms with E-state index in [2.05, 4.69) is 15.3 Å². The van der Waals surface area contributed by atoms with Crippen molar-refractivity contribution in [1.29, 1.82) is 0 Å². The molecule has 6 heteroatoms. The number of anilines is 1. The number of hydrogen-bond acceptors (Lipinski definition) is 5. The monoisotopic (exact) mass is 365 g/mol. The minimum absolute atomic E-state index is 0.211. The molecule has 132 valence electrons. The lowest BCUT2D eigenvalue weighted by Crippen LogP contribution is -2.07. The molecule has 1 amide bonds. The summed E-state index contributed by atoms with van der Waals surface area (Å²) < 4.78 is 5.39. The van der Waals surface area contributed by atoms with Gasteiger partial charge in [0.1, 0.15) is 11.5 Å². The zero-order valence-electron chi connectivity index (χ0n) is 14.8. The molecule has 1 N–H and O–H groups in total. The van der Waals surface area contributed by atoms with Crippen LogP contribution in [0.3, 0.4) is 0 Å². The Labute approximate surface area is 156 Å². The Morgan fingerprint density at radius 3 is 2.35 bits per heavy atom. The van der Waals surface area contributed by atoms with Gasteiger partial charge in [0, 0.05) is 28.0 Å². The van der Waals surface area contributed by atoms with Crippen molar-refractivity contribution in [2.75, 3.05) is 5.32 Å². The fourth-order valence-corrected chi connectivity index (χ4v) is 3.20. The predicted molar refractivity (Wildman–Crippen MR) is 103 cm³/mol. The molecule has 2 aromatic heterocycles. The smallest absolute Gasteiger partial charge is 0.248 e. The number of hydrogen-bond donors (Lipinski definition) is 1. The number of carbonyl (C=O) groups is 1. The summed E-state index contributed by atoms with van der Waals surface area (Å²) in [6, 6.07) is 13.2. The maximum absolute atomic E-state index is 12.0. The van der Waals surface area contributed by atoms with E-state index in [1.165, 1.54) is 17.8 Å². The third-order valence-corrected chi connectivity index (χ3v) is 4.33. The summed E-state index contributed by atoms with van der Waals surface area (Å²) in [5.74, 6) is 1.25. The first-order chi connectivity index (χ1) is 12.5. The Bertz CT molecular complexity index is 926. The van der Waals surface area contributed by atoms with E-state index in [-0.39, 0.29) is 5.91 Å². The van der Waals surface area contributed by atoms with E-state index >= 15 is 0 Å². The largest absolute Gasteiger partial charge is 0.462 e. The minimum Gasteiger partial charge on any atom is -0.462 e. The van der Waals surface area contributed by atoms with Gasteiger partial charge in [0.2, 0.25) is 5.91 Å². The van der Waals surface area contributed by atoms with Gasteiger partial charge in [0.05, 0.1) is 0 Å². The molecule has 2 heterocycles. The third-order valence-electron chi connectivity index (χ3n) is 3.45. The normalized spacial score (nSPS) is 11.0. The van der Waals surface area contributed by atoms with Crippen LogP contribution < -0.4 is 5.32 Å². The Balaban J connectivity index is 1.60. The molecule has 26 heavy (non-hydrogen) atoms. The van der Waals surface area contributed by atoms with Crippen LogP contribution in [0.15, 0.2) is 63.0 Å². The van der Waals surface area contributed by atoms with Gasteiger partial charge in [-0.25, -0.2) is 9.97 Å². The zero-order chi connectivity index (χ0) is 18.5. The summed E-state index contributed by atoms with van der Waals surface area (Å²) in [6.07, 6.45) is 3.09. The Hall–Kier alpha value is -2.86. The van der Waals surface area contributed by atoms with Crippen molar-refractivity contribution in [3.63, 3.8) is 0 Å². The van der Waals surface area contributed by atoms with Crippen molar-refractivity contribution in [2.24, 2.45) is 0 Å². The van der Waals surface area contributed by atoms with Gasteiger partial charge in [-0.1, -0.05) is 0 Å². The third kappa shape index (κ3) is 5.07. The van der Waals surface area contributed by atoms with Crippen LogP contribution in [0.25, 0.3) is 6.08 Å². The molecule has 0 aliphatic heterocycles. The maximum atomic E-state index is 12.0. The first-order valence-electron chi connectivity index (χ1n) is 8.14. The molecule has 0 bridgehead atoms. The lowest BCUT2D eigenvalue weighted by molar-refractivity contribution is -0.111. The van der Waals surface area contributed by atoms with Gasteiger partial charge in [-0.15, -0.1) is 0 Å². The second-order valence-corrected chi connectivity index (χ2v) is 6.87. The first-order valence-corrected chi connectivity index (χ1v) is 8.95. The van der Waals surface area contributed by atoms with E-state index in [9.17, 15) is 4.79 Å². The first kappa shape index (κ1) is 17.9. The van der Waals surface area contributed by atoms with Gasteiger partial charge in [-0.3, -0.25) is 4.79 Å². The number of aromatic nitrogens is 2. The van der Waals surface area contributed by atoms with Crippen LogP contribution in [0, 0.1) is 20.8 Å². The minimum atomic E-state index is -0.211.